The molecule has 0 bridgehead atoms. The molecule has 0 unspecified atom stereocenters. The molecule has 0 aliphatic rings. The van der Waals surface area contributed by atoms with Gasteiger partial charge in [0.1, 0.15) is 5.52 Å². The normalized spacial score (nSPS) is 10.8. The Hall–Kier alpha value is -2.45. The minimum Gasteiger partial charge on any atom is -0.395 e. The van der Waals surface area contributed by atoms with E-state index in [9.17, 15) is 4.79 Å². The van der Waals surface area contributed by atoms with E-state index in [-0.39, 0.29) is 41.4 Å². The van der Waals surface area contributed by atoms with Crippen LogP contribution in [0.3, 0.4) is 0 Å². The van der Waals surface area contributed by atoms with Crippen molar-refractivity contribution in [3.05, 3.63) is 48.4 Å². The molecular formula is C18H17AuN5O2. The first-order valence-corrected chi connectivity index (χ1v) is 7.95. The van der Waals surface area contributed by atoms with Crippen LogP contribution in [0.25, 0.3) is 33.3 Å². The summed E-state index contributed by atoms with van der Waals surface area (Å²) in [6.07, 6.45) is 5.33. The van der Waals surface area contributed by atoms with Crippen molar-refractivity contribution < 1.29 is 32.3 Å². The molecule has 26 heavy (non-hydrogen) atoms. The molecule has 4 rings (SSSR count). The number of H-pyrrole nitrogens is 1. The Morgan fingerprint density at radius 1 is 1.27 bits per heavy atom. The number of aryl methyl sites for hydroxylation is 1. The van der Waals surface area contributed by atoms with Crippen molar-refractivity contribution in [3.63, 3.8) is 0 Å². The van der Waals surface area contributed by atoms with Crippen LogP contribution in [0.4, 0.5) is 0 Å². The van der Waals surface area contributed by atoms with Crippen molar-refractivity contribution >= 4 is 28.0 Å². The van der Waals surface area contributed by atoms with E-state index in [0.29, 0.717) is 5.56 Å². The molecule has 137 valence electrons. The van der Waals surface area contributed by atoms with Crippen molar-refractivity contribution in [1.82, 2.24) is 24.8 Å². The quantitative estimate of drug-likeness (QED) is 0.350. The van der Waals surface area contributed by atoms with Crippen LogP contribution in [-0.4, -0.2) is 43.7 Å². The molecule has 7 nitrogen and oxygen atoms in total. The second-order valence-corrected chi connectivity index (χ2v) is 5.84. The van der Waals surface area contributed by atoms with Crippen molar-refractivity contribution in [2.45, 2.75) is 0 Å². The number of carbonyl (C=O) groups is 1. The van der Waals surface area contributed by atoms with Crippen LogP contribution in [0, 0.1) is 0 Å². The fourth-order valence-electron chi connectivity index (χ4n) is 3.02. The zero-order valence-electron chi connectivity index (χ0n) is 14.0. The van der Waals surface area contributed by atoms with E-state index in [1.165, 1.54) is 0 Å². The van der Waals surface area contributed by atoms with Gasteiger partial charge in [-0.2, -0.15) is 0 Å². The minimum atomic E-state index is -0.203. The number of hydrogen-bond acceptors (Lipinski definition) is 4. The number of fused-ring (bicyclic) bond motifs is 2. The fraction of sp³-hybridized carbons (Fsp3) is 0.167. The van der Waals surface area contributed by atoms with Crippen LogP contribution in [0.2, 0.25) is 0 Å². The van der Waals surface area contributed by atoms with Crippen LogP contribution < -0.4 is 5.32 Å². The minimum absolute atomic E-state index is 0. The maximum absolute atomic E-state index is 12.2. The summed E-state index contributed by atoms with van der Waals surface area (Å²) in [5.41, 5.74) is 4.99. The fourth-order valence-corrected chi connectivity index (χ4v) is 3.02. The molecule has 1 radical (unpaired) electrons. The van der Waals surface area contributed by atoms with Gasteiger partial charge in [-0.3, -0.25) is 9.78 Å². The van der Waals surface area contributed by atoms with Crippen LogP contribution in [0.5, 0.6) is 0 Å². The molecule has 0 saturated carbocycles. The first-order valence-electron chi connectivity index (χ1n) is 7.95. The van der Waals surface area contributed by atoms with Gasteiger partial charge in [-0.15, -0.1) is 0 Å². The third kappa shape index (κ3) is 3.17. The molecule has 0 aliphatic carbocycles. The monoisotopic (exact) mass is 532 g/mol. The van der Waals surface area contributed by atoms with E-state index in [1.54, 1.807) is 18.5 Å². The van der Waals surface area contributed by atoms with Gasteiger partial charge in [0, 0.05) is 76.6 Å². The van der Waals surface area contributed by atoms with E-state index >= 15 is 0 Å². The van der Waals surface area contributed by atoms with E-state index in [2.05, 4.69) is 20.3 Å². The predicted molar refractivity (Wildman–Crippen MR) is 95.2 cm³/mol. The maximum Gasteiger partial charge on any atom is 0.251 e. The smallest absolute Gasteiger partial charge is 0.251 e. The summed E-state index contributed by atoms with van der Waals surface area (Å²) in [6, 6.07) is 7.53. The van der Waals surface area contributed by atoms with E-state index in [0.717, 1.165) is 33.3 Å². The second kappa shape index (κ2) is 7.43. The van der Waals surface area contributed by atoms with Crippen molar-refractivity contribution in [2.24, 2.45) is 7.05 Å². The van der Waals surface area contributed by atoms with E-state index in [1.807, 2.05) is 36.0 Å². The zero-order chi connectivity index (χ0) is 17.4. The number of amides is 1. The summed E-state index contributed by atoms with van der Waals surface area (Å²) in [5.74, 6) is -0.203. The Balaban J connectivity index is 0.00000196. The summed E-state index contributed by atoms with van der Waals surface area (Å²) in [6.45, 7) is 0.150. The number of aromatic nitrogens is 4. The standard InChI is InChI=1S/C18H17N5O2.Au/c1-23-10-13(14-9-15-17(22-14)20-5-4-19-15)12-8-11(2-3-16(12)23)18(25)21-6-7-24;/h2-5,8-10,24H,6-7H2,1H3,(H,20,22)(H,21,25);. The molecule has 1 aromatic carbocycles. The third-order valence-electron chi connectivity index (χ3n) is 4.20. The molecule has 3 N–H and O–H groups in total. The number of aromatic amines is 1. The summed E-state index contributed by atoms with van der Waals surface area (Å²) in [4.78, 5) is 24.1. The van der Waals surface area contributed by atoms with Gasteiger partial charge in [0.05, 0.1) is 12.3 Å². The maximum atomic E-state index is 12.2. The number of nitrogens with one attached hydrogen (secondary N) is 2. The van der Waals surface area contributed by atoms with Gasteiger partial charge < -0.3 is 20.0 Å². The molecule has 0 fully saturated rings. The number of carbonyl (C=O) groups excluding carboxylic acids is 1. The molecule has 0 saturated heterocycles. The predicted octanol–water partition coefficient (Wildman–Crippen LogP) is 1.84. The van der Waals surface area contributed by atoms with Gasteiger partial charge >= 0.3 is 0 Å². The largest absolute Gasteiger partial charge is 0.395 e. The SMILES string of the molecule is Cn1cc(-c2cc3nccnc3[nH]2)c2cc(C(=O)NCCO)ccc21.[Au]. The molecule has 8 heteroatoms. The molecule has 0 spiro atoms. The Bertz CT molecular complexity index is 1050. The molecule has 3 aromatic heterocycles. The summed E-state index contributed by atoms with van der Waals surface area (Å²) < 4.78 is 2.02. The summed E-state index contributed by atoms with van der Waals surface area (Å²) in [7, 11) is 1.97. The Morgan fingerprint density at radius 3 is 2.85 bits per heavy atom. The average Bonchev–Trinajstić information content (AvgIpc) is 3.20. The average molecular weight is 532 g/mol. The van der Waals surface area contributed by atoms with Crippen molar-refractivity contribution in [1.29, 1.82) is 0 Å². The van der Waals surface area contributed by atoms with Crippen LogP contribution in [0.1, 0.15) is 10.4 Å². The zero-order valence-corrected chi connectivity index (χ0v) is 16.1. The first-order chi connectivity index (χ1) is 12.2. The first kappa shape index (κ1) is 18.3. The molecule has 1 amide bonds. The van der Waals surface area contributed by atoms with E-state index in [4.69, 9.17) is 5.11 Å². The number of aliphatic hydroxyl groups is 1. The van der Waals surface area contributed by atoms with Crippen LogP contribution in [-0.2, 0) is 29.4 Å². The summed E-state index contributed by atoms with van der Waals surface area (Å²) >= 11 is 0. The summed E-state index contributed by atoms with van der Waals surface area (Å²) in [5, 5.41) is 12.5. The van der Waals surface area contributed by atoms with Gasteiger partial charge in [0.25, 0.3) is 5.91 Å². The molecule has 4 aromatic rings. The molecular weight excluding hydrogens is 515 g/mol. The van der Waals surface area contributed by atoms with Gasteiger partial charge in [0.15, 0.2) is 5.65 Å². The van der Waals surface area contributed by atoms with E-state index < -0.39 is 0 Å². The number of benzene rings is 1. The number of aliphatic hydroxyl groups excluding tert-OH is 1. The number of hydrogen-bond donors (Lipinski definition) is 3. The number of rotatable bonds is 4. The molecule has 3 heterocycles. The van der Waals surface area contributed by atoms with Crippen LogP contribution >= 0.6 is 0 Å². The molecule has 0 atom stereocenters. The Kier molecular flexibility index (Phi) is 5.24. The Labute approximate surface area is 165 Å². The van der Waals surface area contributed by atoms with Gasteiger partial charge in [-0.25, -0.2) is 4.98 Å². The van der Waals surface area contributed by atoms with Crippen molar-refractivity contribution in [2.75, 3.05) is 13.2 Å². The second-order valence-electron chi connectivity index (χ2n) is 5.84. The van der Waals surface area contributed by atoms with Gasteiger partial charge in [-0.05, 0) is 24.3 Å². The van der Waals surface area contributed by atoms with Gasteiger partial charge in [0.2, 0.25) is 0 Å². The van der Waals surface area contributed by atoms with Crippen LogP contribution in [0.15, 0.2) is 42.9 Å². The Morgan fingerprint density at radius 2 is 2.08 bits per heavy atom. The van der Waals surface area contributed by atoms with Crippen molar-refractivity contribution in [3.8, 4) is 11.3 Å². The third-order valence-corrected chi connectivity index (χ3v) is 4.20. The number of nitrogens with zero attached hydrogens (tertiary/aromatic N) is 3. The van der Waals surface area contributed by atoms with Gasteiger partial charge in [-0.1, -0.05) is 0 Å². The molecule has 0 aliphatic heterocycles. The topological polar surface area (TPSA) is 95.8 Å².